The van der Waals surface area contributed by atoms with Crippen molar-refractivity contribution in [3.8, 4) is 0 Å². The van der Waals surface area contributed by atoms with Crippen LogP contribution in [0.15, 0.2) is 42.5 Å². The lowest BCUT2D eigenvalue weighted by atomic mass is 9.87. The number of anilines is 1. The Balaban J connectivity index is 1.64. The number of fused-ring (bicyclic) bond motifs is 1. The van der Waals surface area contributed by atoms with Crippen molar-refractivity contribution in [2.75, 3.05) is 45.2 Å². The van der Waals surface area contributed by atoms with Gasteiger partial charge >= 0.3 is 0 Å². The predicted octanol–water partition coefficient (Wildman–Crippen LogP) is 2.90. The van der Waals surface area contributed by atoms with Crippen molar-refractivity contribution in [2.24, 2.45) is 11.8 Å². The molecule has 4 rings (SSSR count). The Kier molecular flexibility index (Phi) is 5.11. The molecular formula is C23H30N4O. The Hall–Kier alpha value is -2.40. The number of carbonyl (C=O) groups is 1. The number of likely N-dealkylation sites (N-methyl/N-ethyl adjacent to an activating group) is 1. The molecule has 5 heteroatoms. The van der Waals surface area contributed by atoms with Crippen LogP contribution in [0.3, 0.4) is 0 Å². The number of rotatable bonds is 4. The van der Waals surface area contributed by atoms with Gasteiger partial charge in [0.15, 0.2) is 0 Å². The Morgan fingerprint density at radius 3 is 2.57 bits per heavy atom. The van der Waals surface area contributed by atoms with Crippen LogP contribution in [0.2, 0.25) is 0 Å². The zero-order valence-electron chi connectivity index (χ0n) is 17.3. The molecule has 0 unspecified atom stereocenters. The molecule has 0 radical (unpaired) electrons. The van der Waals surface area contributed by atoms with Gasteiger partial charge in [0, 0.05) is 37.2 Å². The first-order valence-electron chi connectivity index (χ1n) is 10.1. The quantitative estimate of drug-likeness (QED) is 0.820. The standard InChI is InChI=1S/C23H30N4O/c1-16-8-5-6-10-19(16)23-20-14-26(21-11-7-9-17(2)24-21)12-18(20)13-27(23)22(28)15-25(3)4/h5-11,18,20,23H,12-15H2,1-4H3/t18-,20-,23+/m1/s1. The third kappa shape index (κ3) is 3.51. The number of nitrogens with zero attached hydrogens (tertiary/aromatic N) is 4. The zero-order chi connectivity index (χ0) is 19.8. The second-order valence-electron chi connectivity index (χ2n) is 8.55. The topological polar surface area (TPSA) is 39.7 Å². The van der Waals surface area contributed by atoms with Crippen LogP contribution >= 0.6 is 0 Å². The van der Waals surface area contributed by atoms with Gasteiger partial charge in [-0.1, -0.05) is 30.3 Å². The van der Waals surface area contributed by atoms with Crippen molar-refractivity contribution in [2.45, 2.75) is 19.9 Å². The highest BCUT2D eigenvalue weighted by Crippen LogP contribution is 2.46. The molecule has 5 nitrogen and oxygen atoms in total. The molecule has 0 aliphatic carbocycles. The van der Waals surface area contributed by atoms with E-state index in [1.54, 1.807) is 0 Å². The first-order valence-corrected chi connectivity index (χ1v) is 10.1. The molecule has 3 heterocycles. The lowest BCUT2D eigenvalue weighted by molar-refractivity contribution is -0.133. The number of aryl methyl sites for hydroxylation is 2. The van der Waals surface area contributed by atoms with Gasteiger partial charge in [0.25, 0.3) is 0 Å². The first-order chi connectivity index (χ1) is 13.4. The monoisotopic (exact) mass is 378 g/mol. The van der Waals surface area contributed by atoms with Gasteiger partial charge in [-0.3, -0.25) is 4.79 Å². The highest BCUT2D eigenvalue weighted by molar-refractivity contribution is 5.79. The number of likely N-dealkylation sites (tertiary alicyclic amines) is 1. The smallest absolute Gasteiger partial charge is 0.237 e. The van der Waals surface area contributed by atoms with E-state index in [1.165, 1.54) is 11.1 Å². The maximum atomic E-state index is 13.0. The fraction of sp³-hybridized carbons (Fsp3) is 0.478. The van der Waals surface area contributed by atoms with Crippen molar-refractivity contribution in [1.82, 2.24) is 14.8 Å². The van der Waals surface area contributed by atoms with Crippen molar-refractivity contribution in [1.29, 1.82) is 0 Å². The third-order valence-electron chi connectivity index (χ3n) is 6.14. The van der Waals surface area contributed by atoms with E-state index >= 15 is 0 Å². The van der Waals surface area contributed by atoms with E-state index in [0.29, 0.717) is 18.4 Å². The van der Waals surface area contributed by atoms with E-state index in [2.05, 4.69) is 53.1 Å². The number of benzene rings is 1. The molecule has 0 N–H and O–H groups in total. The summed E-state index contributed by atoms with van der Waals surface area (Å²) in [4.78, 5) is 24.3. The zero-order valence-corrected chi connectivity index (χ0v) is 17.3. The minimum Gasteiger partial charge on any atom is -0.356 e. The average Bonchev–Trinajstić information content (AvgIpc) is 3.20. The minimum atomic E-state index is 0.147. The molecule has 3 atom stereocenters. The van der Waals surface area contributed by atoms with Crippen LogP contribution in [0.5, 0.6) is 0 Å². The third-order valence-corrected chi connectivity index (χ3v) is 6.14. The second-order valence-corrected chi connectivity index (χ2v) is 8.55. The summed E-state index contributed by atoms with van der Waals surface area (Å²) in [5.41, 5.74) is 3.61. The fourth-order valence-electron chi connectivity index (χ4n) is 4.87. The molecule has 2 aliphatic rings. The maximum Gasteiger partial charge on any atom is 0.237 e. The molecule has 2 saturated heterocycles. The molecule has 28 heavy (non-hydrogen) atoms. The number of carbonyl (C=O) groups excluding carboxylic acids is 1. The Morgan fingerprint density at radius 2 is 1.86 bits per heavy atom. The summed E-state index contributed by atoms with van der Waals surface area (Å²) >= 11 is 0. The van der Waals surface area contributed by atoms with E-state index in [-0.39, 0.29) is 11.9 Å². The van der Waals surface area contributed by atoms with Crippen molar-refractivity contribution >= 4 is 11.7 Å². The highest BCUT2D eigenvalue weighted by Gasteiger charge is 2.49. The van der Waals surface area contributed by atoms with E-state index in [1.807, 2.05) is 32.0 Å². The summed E-state index contributed by atoms with van der Waals surface area (Å²) < 4.78 is 0. The van der Waals surface area contributed by atoms with Gasteiger partial charge in [-0.05, 0) is 51.2 Å². The predicted molar refractivity (Wildman–Crippen MR) is 112 cm³/mol. The second kappa shape index (κ2) is 7.55. The summed E-state index contributed by atoms with van der Waals surface area (Å²) in [5, 5.41) is 0. The van der Waals surface area contributed by atoms with Crippen LogP contribution in [0.1, 0.15) is 22.9 Å². The van der Waals surface area contributed by atoms with E-state index in [4.69, 9.17) is 4.98 Å². The molecule has 1 amide bonds. The van der Waals surface area contributed by atoms with Crippen LogP contribution in [0.25, 0.3) is 0 Å². The molecule has 148 valence electrons. The van der Waals surface area contributed by atoms with E-state index < -0.39 is 0 Å². The number of pyridine rings is 1. The molecule has 0 saturated carbocycles. The van der Waals surface area contributed by atoms with Gasteiger partial charge in [0.1, 0.15) is 5.82 Å². The van der Waals surface area contributed by atoms with E-state index in [0.717, 1.165) is 31.1 Å². The molecule has 2 fully saturated rings. The minimum absolute atomic E-state index is 0.147. The van der Waals surface area contributed by atoms with Gasteiger partial charge in [-0.2, -0.15) is 0 Å². The van der Waals surface area contributed by atoms with Crippen LogP contribution in [0, 0.1) is 25.7 Å². The van der Waals surface area contributed by atoms with Crippen molar-refractivity contribution < 1.29 is 4.79 Å². The molecule has 0 spiro atoms. The normalized spacial score (nSPS) is 24.1. The molecule has 0 bridgehead atoms. The summed E-state index contributed by atoms with van der Waals surface area (Å²) in [7, 11) is 3.92. The molecule has 2 aromatic rings. The van der Waals surface area contributed by atoms with Crippen molar-refractivity contribution in [3.63, 3.8) is 0 Å². The molecule has 1 aromatic carbocycles. The van der Waals surface area contributed by atoms with Gasteiger partial charge in [0.05, 0.1) is 12.6 Å². The lowest BCUT2D eigenvalue weighted by Crippen LogP contribution is -2.40. The SMILES string of the molecule is Cc1cccc(N2C[C@@H]3CN(C(=O)CN(C)C)[C@@H](c4ccccc4C)[C@@H]3C2)n1. The maximum absolute atomic E-state index is 13.0. The highest BCUT2D eigenvalue weighted by atomic mass is 16.2. The number of hydrogen-bond acceptors (Lipinski definition) is 4. The van der Waals surface area contributed by atoms with Gasteiger partial charge in [-0.25, -0.2) is 4.98 Å². The molecule has 1 aromatic heterocycles. The summed E-state index contributed by atoms with van der Waals surface area (Å²) in [6, 6.07) is 14.9. The van der Waals surface area contributed by atoms with Crippen molar-refractivity contribution in [3.05, 3.63) is 59.3 Å². The largest absolute Gasteiger partial charge is 0.356 e. The van der Waals surface area contributed by atoms with Crippen LogP contribution < -0.4 is 4.90 Å². The number of hydrogen-bond donors (Lipinski definition) is 0. The average molecular weight is 379 g/mol. The van der Waals surface area contributed by atoms with Gasteiger partial charge in [0.2, 0.25) is 5.91 Å². The van der Waals surface area contributed by atoms with Crippen LogP contribution in [-0.2, 0) is 4.79 Å². The van der Waals surface area contributed by atoms with Gasteiger partial charge in [-0.15, -0.1) is 0 Å². The van der Waals surface area contributed by atoms with Crippen LogP contribution in [-0.4, -0.2) is 61.0 Å². The summed E-state index contributed by atoms with van der Waals surface area (Å²) in [5.74, 6) is 2.21. The first kappa shape index (κ1) is 18.9. The molecular weight excluding hydrogens is 348 g/mol. The Morgan fingerprint density at radius 1 is 1.07 bits per heavy atom. The summed E-state index contributed by atoms with van der Waals surface area (Å²) in [6.07, 6.45) is 0. The lowest BCUT2D eigenvalue weighted by Gasteiger charge is -2.32. The summed E-state index contributed by atoms with van der Waals surface area (Å²) in [6.45, 7) is 7.41. The number of aromatic nitrogens is 1. The molecule has 2 aliphatic heterocycles. The Labute approximate surface area is 168 Å². The number of amides is 1. The van der Waals surface area contributed by atoms with Crippen LogP contribution in [0.4, 0.5) is 5.82 Å². The van der Waals surface area contributed by atoms with Gasteiger partial charge < -0.3 is 14.7 Å². The fourth-order valence-corrected chi connectivity index (χ4v) is 4.87. The van der Waals surface area contributed by atoms with E-state index in [9.17, 15) is 4.79 Å². The Bertz CT molecular complexity index is 865.